The van der Waals surface area contributed by atoms with Gasteiger partial charge in [0.15, 0.2) is 0 Å². The van der Waals surface area contributed by atoms with Gasteiger partial charge < -0.3 is 19.5 Å². The molecule has 0 fully saturated rings. The maximum absolute atomic E-state index is 14.8. The van der Waals surface area contributed by atoms with Gasteiger partial charge in [0.05, 0.1) is 58.2 Å². The first-order valence-corrected chi connectivity index (χ1v) is 18.5. The average molecular weight is 860 g/mol. The van der Waals surface area contributed by atoms with Crippen LogP contribution in [-0.4, -0.2) is 39.8 Å². The van der Waals surface area contributed by atoms with E-state index in [-0.39, 0.29) is 63.6 Å². The second kappa shape index (κ2) is 15.6. The Morgan fingerprint density at radius 2 is 1.51 bits per heavy atom. The van der Waals surface area contributed by atoms with Crippen molar-refractivity contribution in [2.45, 2.75) is 72.8 Å². The molecule has 7 rings (SSSR count). The minimum atomic E-state index is -5.16. The van der Waals surface area contributed by atoms with Crippen LogP contribution in [0, 0.1) is 18.8 Å². The van der Waals surface area contributed by atoms with E-state index in [1.54, 1.807) is 25.2 Å². The van der Waals surface area contributed by atoms with Gasteiger partial charge in [0.2, 0.25) is 0 Å². The first kappa shape index (κ1) is 43.1. The molecule has 6 aliphatic heterocycles. The quantitative estimate of drug-likeness (QED) is 0.133. The molecule has 0 aliphatic carbocycles. The van der Waals surface area contributed by atoms with Crippen molar-refractivity contribution in [2.24, 2.45) is 26.8 Å². The molecule has 0 unspecified atom stereocenters. The SMILES string of the molecule is C=CC1=C(C)C2=NC1=CC1=NC(=Cc3nc4c(c([O-])n(Cc5cc(C(F)(F)F)cc(C(F)(F)F)c5)c([O-])c-4c3C)C3=NC(=C2)[C@@H](C)[C@@H]3CCC(=O)OC)C(CC)=C1C.[Ni+2]. The molecule has 59 heavy (non-hydrogen) atoms. The smallest absolute Gasteiger partial charge is 0.860 e. The molecule has 0 radical (unpaired) electrons. The number of fused-ring (bicyclic) bond motifs is 5. The monoisotopic (exact) mass is 859 g/mol. The molecule has 2 atom stereocenters. The number of methoxy groups -OCH3 is 1. The predicted octanol–water partition coefficient (Wildman–Crippen LogP) is 8.80. The molecule has 16 heteroatoms. The molecule has 6 aliphatic rings. The fraction of sp³-hybridized carbons (Fsp3) is 0.326. The van der Waals surface area contributed by atoms with Crippen molar-refractivity contribution in [1.82, 2.24) is 9.55 Å². The molecule has 310 valence electrons. The number of aromatic nitrogens is 2. The Bertz CT molecular complexity index is 2520. The number of aliphatic imine (C=N–C) groups is 3. The van der Waals surface area contributed by atoms with Crippen LogP contribution in [0.3, 0.4) is 0 Å². The molecule has 0 saturated heterocycles. The van der Waals surface area contributed by atoms with Crippen LogP contribution in [0.2, 0.25) is 0 Å². The van der Waals surface area contributed by atoms with E-state index in [0.29, 0.717) is 57.2 Å². The topological polar surface area (TPSA) is 127 Å². The Kier molecular flexibility index (Phi) is 11.4. The van der Waals surface area contributed by atoms with Gasteiger partial charge in [0.1, 0.15) is 0 Å². The third-order valence-corrected chi connectivity index (χ3v) is 11.3. The Balaban J connectivity index is 0.00000585. The zero-order valence-electron chi connectivity index (χ0n) is 32.7. The number of carbonyl (C=O) groups is 1. The van der Waals surface area contributed by atoms with Gasteiger partial charge in [-0.05, 0) is 110 Å². The van der Waals surface area contributed by atoms with Crippen LogP contribution in [0.25, 0.3) is 17.3 Å². The van der Waals surface area contributed by atoms with Gasteiger partial charge in [-0.2, -0.15) is 26.3 Å². The molecule has 0 amide bonds. The van der Waals surface area contributed by atoms with E-state index in [9.17, 15) is 41.4 Å². The summed E-state index contributed by atoms with van der Waals surface area (Å²) >= 11 is 0. The Labute approximate surface area is 346 Å². The number of rotatable bonds is 7. The van der Waals surface area contributed by atoms with Gasteiger partial charge in [-0.25, -0.2) is 15.0 Å². The third kappa shape index (κ3) is 7.51. The van der Waals surface area contributed by atoms with Gasteiger partial charge in [0, 0.05) is 47.2 Å². The molecular weight excluding hydrogens is 823 g/mol. The normalized spacial score (nSPS) is 19.1. The van der Waals surface area contributed by atoms with E-state index >= 15 is 0 Å². The Morgan fingerprint density at radius 1 is 0.898 bits per heavy atom. The maximum atomic E-state index is 14.8. The summed E-state index contributed by atoms with van der Waals surface area (Å²) in [6.07, 6.45) is -2.67. The van der Waals surface area contributed by atoms with Gasteiger partial charge >= 0.3 is 34.8 Å². The second-order valence-electron chi connectivity index (χ2n) is 14.7. The Hall–Kier alpha value is -5.50. The van der Waals surface area contributed by atoms with E-state index in [1.165, 1.54) is 7.11 Å². The number of esters is 1. The average Bonchev–Trinajstić information content (AvgIpc) is 3.84. The van der Waals surface area contributed by atoms with E-state index < -0.39 is 65.2 Å². The summed E-state index contributed by atoms with van der Waals surface area (Å²) < 4.78 is 89.1. The number of pyridine rings is 1. The van der Waals surface area contributed by atoms with Crippen LogP contribution in [0.1, 0.15) is 80.5 Å². The van der Waals surface area contributed by atoms with Crippen molar-refractivity contribution >= 4 is 29.2 Å². The summed E-state index contributed by atoms with van der Waals surface area (Å²) in [5.41, 5.74) is 2.93. The molecule has 1 aromatic carbocycles. The standard InChI is InChI=1S/C43H39F6N5O4.Ni/c1-8-26-19(3)29-15-31-21(5)28(10-11-35(55)58-7)38(52-31)37-39-36(22(6)32(53-39)17-34-27(9-2)20(4)30(51-34)16-33(26)50-29)40(56)54(41(37)57)18-23-12-24(42(44,45)46)14-25(13-23)43(47,48)49;/h8,12-17,21,28,56-57H,1,9-11,18H2,2-7H3;/q;+2/p-2/t21-,28-;/m0./s1. The van der Waals surface area contributed by atoms with E-state index in [4.69, 9.17) is 24.7 Å². The molecule has 8 bridgehead atoms. The summed E-state index contributed by atoms with van der Waals surface area (Å²) in [7, 11) is 1.24. The fourth-order valence-electron chi connectivity index (χ4n) is 8.06. The number of nitrogens with zero attached hydrogens (tertiary/aromatic N) is 5. The van der Waals surface area contributed by atoms with E-state index in [0.717, 1.165) is 22.3 Å². The van der Waals surface area contributed by atoms with Crippen molar-refractivity contribution in [3.63, 3.8) is 0 Å². The summed E-state index contributed by atoms with van der Waals surface area (Å²) in [6.45, 7) is 12.3. The van der Waals surface area contributed by atoms with Crippen LogP contribution in [0.4, 0.5) is 26.3 Å². The predicted molar refractivity (Wildman–Crippen MR) is 203 cm³/mol. The van der Waals surface area contributed by atoms with Crippen molar-refractivity contribution < 1.29 is 62.6 Å². The first-order chi connectivity index (χ1) is 27.3. The maximum Gasteiger partial charge on any atom is 2.00 e. The molecule has 1 aromatic rings. The van der Waals surface area contributed by atoms with Crippen molar-refractivity contribution in [3.05, 3.63) is 116 Å². The van der Waals surface area contributed by atoms with Gasteiger partial charge in [0.25, 0.3) is 0 Å². The summed E-state index contributed by atoms with van der Waals surface area (Å²) in [5, 5.41) is 29.3. The minimum Gasteiger partial charge on any atom is -0.860 e. The number of benzene rings is 1. The van der Waals surface area contributed by atoms with Crippen molar-refractivity contribution in [2.75, 3.05) is 7.11 Å². The number of ether oxygens (including phenoxy) is 1. The summed E-state index contributed by atoms with van der Waals surface area (Å²) in [5.74, 6) is -3.60. The largest absolute Gasteiger partial charge is 2.00 e. The van der Waals surface area contributed by atoms with Crippen LogP contribution in [-0.2, 0) is 44.9 Å². The summed E-state index contributed by atoms with van der Waals surface area (Å²) in [4.78, 5) is 32.1. The summed E-state index contributed by atoms with van der Waals surface area (Å²) in [6, 6.07) is 0.958. The Morgan fingerprint density at radius 3 is 2.10 bits per heavy atom. The van der Waals surface area contributed by atoms with Crippen LogP contribution in [0.5, 0.6) is 11.8 Å². The number of alkyl halides is 6. The second-order valence-corrected chi connectivity index (χ2v) is 14.7. The van der Waals surface area contributed by atoms with Crippen LogP contribution >= 0.6 is 0 Å². The van der Waals surface area contributed by atoms with Crippen molar-refractivity contribution in [3.8, 4) is 23.0 Å². The zero-order valence-corrected chi connectivity index (χ0v) is 33.7. The number of halogens is 6. The van der Waals surface area contributed by atoms with Gasteiger partial charge in [-0.3, -0.25) is 9.79 Å². The van der Waals surface area contributed by atoms with E-state index in [2.05, 4.69) is 6.58 Å². The molecule has 0 saturated carbocycles. The van der Waals surface area contributed by atoms with Crippen molar-refractivity contribution in [1.29, 1.82) is 0 Å². The first-order valence-electron chi connectivity index (χ1n) is 18.5. The minimum absolute atomic E-state index is 0. The number of allylic oxidation sites excluding steroid dienone is 7. The third-order valence-electron chi connectivity index (χ3n) is 11.3. The molecule has 0 spiro atoms. The number of hydrogen-bond acceptors (Lipinski definition) is 8. The molecule has 0 aromatic heterocycles. The van der Waals surface area contributed by atoms with Crippen LogP contribution < -0.4 is 10.2 Å². The molecular formula is C43H37F6N5NiO4. The van der Waals surface area contributed by atoms with Crippen LogP contribution in [0.15, 0.2) is 97.4 Å². The molecule has 6 heterocycles. The fourth-order valence-corrected chi connectivity index (χ4v) is 8.06. The van der Waals surface area contributed by atoms with E-state index in [1.807, 2.05) is 33.8 Å². The van der Waals surface area contributed by atoms with Gasteiger partial charge in [-0.1, -0.05) is 26.5 Å². The zero-order chi connectivity index (χ0) is 42.2. The van der Waals surface area contributed by atoms with Gasteiger partial charge in [-0.15, -0.1) is 0 Å². The number of carbonyl (C=O) groups excluding carboxylic acids is 1. The number of hydrogen-bond donors (Lipinski definition) is 0. The molecule has 9 nitrogen and oxygen atoms in total. The molecule has 0 N–H and O–H groups in total.